The average molecular weight is 437 g/mol. The van der Waals surface area contributed by atoms with Gasteiger partial charge in [-0.2, -0.15) is 0 Å². The maximum absolute atomic E-state index is 13.7. The number of benzene rings is 2. The van der Waals surface area contributed by atoms with E-state index in [4.69, 9.17) is 9.05 Å². The molecule has 1 aliphatic heterocycles. The van der Waals surface area contributed by atoms with E-state index in [1.54, 1.807) is 13.1 Å². The summed E-state index contributed by atoms with van der Waals surface area (Å²) in [5, 5.41) is 0. The van der Waals surface area contributed by atoms with Gasteiger partial charge in [0, 0.05) is 29.9 Å². The second-order valence-corrected chi connectivity index (χ2v) is 9.04. The first kappa shape index (κ1) is 19.9. The van der Waals surface area contributed by atoms with E-state index >= 15 is 0 Å². The number of rotatable bonds is 4. The van der Waals surface area contributed by atoms with Crippen LogP contribution in [0.2, 0.25) is 0 Å². The molecule has 0 amide bonds. The van der Waals surface area contributed by atoms with Crippen molar-refractivity contribution in [2.75, 3.05) is 6.61 Å². The Morgan fingerprint density at radius 2 is 1.84 bits per heavy atom. The van der Waals surface area contributed by atoms with E-state index in [1.165, 1.54) is 18.2 Å². The first-order valence-corrected chi connectivity index (χ1v) is 11.5. The molecule has 2 aliphatic rings. The number of hydrogen-bond acceptors (Lipinski definition) is 5. The molecule has 31 heavy (non-hydrogen) atoms. The number of nitrogens with zero attached hydrogens (tertiary/aromatic N) is 1. The van der Waals surface area contributed by atoms with E-state index in [0.717, 1.165) is 16.8 Å². The number of phosphoric acid groups is 1. The van der Waals surface area contributed by atoms with Crippen molar-refractivity contribution in [1.82, 2.24) is 4.57 Å². The van der Waals surface area contributed by atoms with Crippen molar-refractivity contribution in [3.63, 3.8) is 0 Å². The number of hydrogen-bond donors (Lipinski definition) is 1. The van der Waals surface area contributed by atoms with Crippen LogP contribution in [-0.2, 0) is 15.6 Å². The largest absolute Gasteiger partial charge is 0.527 e. The van der Waals surface area contributed by atoms with Gasteiger partial charge in [0.2, 0.25) is 0 Å². The molecule has 2 aromatic carbocycles. The molecule has 2 atom stereocenters. The fraction of sp³-hybridized carbons (Fsp3) is 0.217. The van der Waals surface area contributed by atoms with Crippen molar-refractivity contribution in [2.24, 2.45) is 0 Å². The highest BCUT2D eigenvalue weighted by Crippen LogP contribution is 2.47. The first-order valence-electron chi connectivity index (χ1n) is 10.0. The Bertz CT molecular complexity index is 1310. The molecule has 5 rings (SSSR count). The molecule has 0 fully saturated rings. The minimum absolute atomic E-state index is 0.00552. The van der Waals surface area contributed by atoms with Gasteiger partial charge in [-0.25, -0.2) is 4.57 Å². The quantitative estimate of drug-likeness (QED) is 0.479. The number of phosphoric ester groups is 1. The standard InChI is InChI=1S/C23H20NO6P/c1-3-29-31(27,28)30-18-10-6-9-16-19(18)23(26)20-17(22(16)25)12-24-11-14-7-4-5-8-15(14)13(2)21(20)24/h4-10,12-13H,3,11H2,1-2H3,(H,27,28). The molecule has 0 radical (unpaired) electrons. The van der Waals surface area contributed by atoms with Crippen molar-refractivity contribution in [2.45, 2.75) is 26.3 Å². The van der Waals surface area contributed by atoms with Crippen molar-refractivity contribution in [1.29, 1.82) is 0 Å². The third-order valence-corrected chi connectivity index (χ3v) is 6.88. The lowest BCUT2D eigenvalue weighted by Crippen LogP contribution is -2.23. The molecule has 7 nitrogen and oxygen atoms in total. The van der Waals surface area contributed by atoms with E-state index < -0.39 is 13.6 Å². The van der Waals surface area contributed by atoms with Crippen molar-refractivity contribution in [3.8, 4) is 5.75 Å². The van der Waals surface area contributed by atoms with Gasteiger partial charge >= 0.3 is 7.82 Å². The van der Waals surface area contributed by atoms with Crippen LogP contribution in [0.25, 0.3) is 0 Å². The smallest absolute Gasteiger partial charge is 0.403 e. The Hall–Kier alpha value is -2.99. The van der Waals surface area contributed by atoms with E-state index in [2.05, 4.69) is 0 Å². The SMILES string of the molecule is CCOP(=O)(O)Oc1cccc2c1C(=O)c1c(cn3c1C(C)c1ccccc1C3)C2=O. The zero-order valence-corrected chi connectivity index (χ0v) is 17.9. The van der Waals surface area contributed by atoms with E-state index in [-0.39, 0.29) is 35.2 Å². The Morgan fingerprint density at radius 1 is 1.06 bits per heavy atom. The van der Waals surface area contributed by atoms with Crippen LogP contribution in [0.3, 0.4) is 0 Å². The highest BCUT2D eigenvalue weighted by Gasteiger charge is 2.40. The number of fused-ring (bicyclic) bond motifs is 5. The van der Waals surface area contributed by atoms with Crippen LogP contribution in [0, 0.1) is 0 Å². The van der Waals surface area contributed by atoms with E-state index in [1.807, 2.05) is 35.8 Å². The van der Waals surface area contributed by atoms with Crippen LogP contribution in [0.4, 0.5) is 0 Å². The van der Waals surface area contributed by atoms with E-state index in [9.17, 15) is 19.0 Å². The van der Waals surface area contributed by atoms with Crippen molar-refractivity contribution >= 4 is 19.4 Å². The molecule has 158 valence electrons. The lowest BCUT2D eigenvalue weighted by Gasteiger charge is -2.27. The third-order valence-electron chi connectivity index (χ3n) is 5.87. The molecular weight excluding hydrogens is 417 g/mol. The minimum Gasteiger partial charge on any atom is -0.403 e. The van der Waals surface area contributed by atoms with E-state index in [0.29, 0.717) is 17.7 Å². The predicted molar refractivity (Wildman–Crippen MR) is 113 cm³/mol. The van der Waals surface area contributed by atoms with Gasteiger partial charge in [0.15, 0.2) is 11.6 Å². The number of ketones is 2. The summed E-state index contributed by atoms with van der Waals surface area (Å²) in [6, 6.07) is 12.5. The molecule has 0 saturated heterocycles. The summed E-state index contributed by atoms with van der Waals surface area (Å²) in [5.41, 5.74) is 3.86. The Balaban J connectivity index is 1.66. The average Bonchev–Trinajstić information content (AvgIpc) is 3.12. The van der Waals surface area contributed by atoms with Gasteiger partial charge < -0.3 is 9.09 Å². The van der Waals surface area contributed by atoms with Crippen LogP contribution in [0.1, 0.15) is 68.4 Å². The Kier molecular flexibility index (Phi) is 4.52. The summed E-state index contributed by atoms with van der Waals surface area (Å²) in [7, 11) is -4.42. The normalized spacial score (nSPS) is 18.5. The van der Waals surface area contributed by atoms with Crippen molar-refractivity contribution < 1.29 is 28.1 Å². The Labute approximate surface area is 178 Å². The zero-order valence-electron chi connectivity index (χ0n) is 17.0. The fourth-order valence-corrected chi connectivity index (χ4v) is 5.40. The molecular formula is C23H20NO6P. The van der Waals surface area contributed by atoms with Gasteiger partial charge in [-0.3, -0.25) is 19.0 Å². The summed E-state index contributed by atoms with van der Waals surface area (Å²) in [6.45, 7) is 4.10. The van der Waals surface area contributed by atoms with Gasteiger partial charge in [0.1, 0.15) is 5.75 Å². The van der Waals surface area contributed by atoms with Crippen LogP contribution in [0.15, 0.2) is 48.7 Å². The maximum Gasteiger partial charge on any atom is 0.527 e. The second-order valence-electron chi connectivity index (χ2n) is 7.67. The van der Waals surface area contributed by atoms with Crippen molar-refractivity contribution in [3.05, 3.63) is 87.7 Å². The molecule has 1 aromatic heterocycles. The van der Waals surface area contributed by atoms with Crippen LogP contribution < -0.4 is 4.52 Å². The third kappa shape index (κ3) is 3.00. The molecule has 0 spiro atoms. The monoisotopic (exact) mass is 437 g/mol. The highest BCUT2D eigenvalue weighted by molar-refractivity contribution is 7.47. The molecule has 1 N–H and O–H groups in total. The highest BCUT2D eigenvalue weighted by atomic mass is 31.2. The van der Waals surface area contributed by atoms with Gasteiger partial charge in [-0.1, -0.05) is 43.3 Å². The molecule has 2 unspecified atom stereocenters. The molecule has 0 bridgehead atoms. The summed E-state index contributed by atoms with van der Waals surface area (Å²) >= 11 is 0. The molecule has 1 aliphatic carbocycles. The Morgan fingerprint density at radius 3 is 2.61 bits per heavy atom. The molecule has 3 aromatic rings. The summed E-state index contributed by atoms with van der Waals surface area (Å²) in [4.78, 5) is 36.9. The first-order chi connectivity index (χ1) is 14.8. The zero-order chi connectivity index (χ0) is 21.9. The summed E-state index contributed by atoms with van der Waals surface area (Å²) in [6.07, 6.45) is 1.74. The fourth-order valence-electron chi connectivity index (χ4n) is 4.62. The number of carbonyl (C=O) groups is 2. The lowest BCUT2D eigenvalue weighted by atomic mass is 9.81. The van der Waals surface area contributed by atoms with Crippen LogP contribution in [0.5, 0.6) is 5.75 Å². The second kappa shape index (κ2) is 7.02. The summed E-state index contributed by atoms with van der Waals surface area (Å²) in [5.74, 6) is -0.925. The van der Waals surface area contributed by atoms with Gasteiger partial charge in [0.05, 0.1) is 23.3 Å². The van der Waals surface area contributed by atoms with Gasteiger partial charge in [-0.05, 0) is 24.1 Å². The maximum atomic E-state index is 13.7. The van der Waals surface area contributed by atoms with Crippen LogP contribution >= 0.6 is 7.82 Å². The number of carbonyl (C=O) groups excluding carboxylic acids is 2. The molecule has 2 heterocycles. The lowest BCUT2D eigenvalue weighted by molar-refractivity contribution is 0.0977. The van der Waals surface area contributed by atoms with Gasteiger partial charge in [0.25, 0.3) is 0 Å². The predicted octanol–water partition coefficient (Wildman–Crippen LogP) is 4.29. The molecule has 8 heteroatoms. The molecule has 0 saturated carbocycles. The topological polar surface area (TPSA) is 94.8 Å². The summed E-state index contributed by atoms with van der Waals surface area (Å²) < 4.78 is 24.1. The van der Waals surface area contributed by atoms with Crippen LogP contribution in [-0.4, -0.2) is 27.6 Å². The number of aromatic nitrogens is 1. The minimum atomic E-state index is -4.42. The van der Waals surface area contributed by atoms with Gasteiger partial charge in [-0.15, -0.1) is 0 Å².